The van der Waals surface area contributed by atoms with Gasteiger partial charge >= 0.3 is 6.36 Å². The minimum absolute atomic E-state index is 0.301. The van der Waals surface area contributed by atoms with Crippen LogP contribution in [0.25, 0.3) is 5.69 Å². The second kappa shape index (κ2) is 8.15. The van der Waals surface area contributed by atoms with E-state index in [9.17, 15) is 18.0 Å². The zero-order chi connectivity index (χ0) is 19.2. The number of benzene rings is 1. The van der Waals surface area contributed by atoms with Crippen LogP contribution in [0.2, 0.25) is 0 Å². The van der Waals surface area contributed by atoms with E-state index < -0.39 is 6.36 Å². The summed E-state index contributed by atoms with van der Waals surface area (Å²) < 4.78 is 41.6. The second-order valence-corrected chi connectivity index (χ2v) is 4.98. The van der Waals surface area contributed by atoms with Gasteiger partial charge in [-0.2, -0.15) is 0 Å². The third kappa shape index (κ3) is 5.33. The highest BCUT2D eigenvalue weighted by molar-refractivity contribution is 5.46. The molecule has 9 heteroatoms. The van der Waals surface area contributed by atoms with Crippen molar-refractivity contribution in [3.63, 3.8) is 0 Å². The first-order valence-corrected chi connectivity index (χ1v) is 7.27. The number of pyridine rings is 1. The fraction of sp³-hybridized carbons (Fsp3) is 0.118. The Labute approximate surface area is 147 Å². The number of aromatic nitrogens is 1. The fourth-order valence-corrected chi connectivity index (χ4v) is 2.05. The van der Waals surface area contributed by atoms with E-state index in [0.717, 1.165) is 12.1 Å². The molecular formula is C17H15F3N4O2. The zero-order valence-corrected chi connectivity index (χ0v) is 13.5. The van der Waals surface area contributed by atoms with Crippen molar-refractivity contribution >= 4 is 19.1 Å². The number of alkyl halides is 3. The summed E-state index contributed by atoms with van der Waals surface area (Å²) in [6.07, 6.45) is -1.83. The number of rotatable bonds is 7. The standard InChI is InChI=1S/C17H15F3N4O2/c1-21-10-13(22-2)11-23-12-7-8-24(16(25)9-12)14-3-5-15(6-4-14)26-17(18,19)20/h3-10,23H,1-2,11H2/b13-10-. The third-order valence-corrected chi connectivity index (χ3v) is 3.19. The van der Waals surface area contributed by atoms with Gasteiger partial charge in [-0.05, 0) is 43.8 Å². The normalized spacial score (nSPS) is 11.7. The van der Waals surface area contributed by atoms with E-state index in [0.29, 0.717) is 23.6 Å². The second-order valence-electron chi connectivity index (χ2n) is 4.98. The van der Waals surface area contributed by atoms with Crippen molar-refractivity contribution in [2.75, 3.05) is 11.9 Å². The number of anilines is 1. The molecule has 0 aliphatic rings. The molecule has 1 aromatic carbocycles. The highest BCUT2D eigenvalue weighted by Gasteiger charge is 2.30. The van der Waals surface area contributed by atoms with Gasteiger partial charge in [0.25, 0.3) is 5.56 Å². The number of aliphatic imine (C=N–C) groups is 2. The van der Waals surface area contributed by atoms with Crippen LogP contribution < -0.4 is 15.6 Å². The Hall–Kier alpha value is -3.36. The van der Waals surface area contributed by atoms with Gasteiger partial charge in [0.15, 0.2) is 0 Å². The molecule has 2 rings (SSSR count). The smallest absolute Gasteiger partial charge is 0.406 e. The van der Waals surface area contributed by atoms with Crippen LogP contribution in [-0.2, 0) is 0 Å². The van der Waals surface area contributed by atoms with Crippen molar-refractivity contribution in [1.29, 1.82) is 0 Å². The molecule has 0 unspecified atom stereocenters. The Morgan fingerprint density at radius 2 is 1.92 bits per heavy atom. The van der Waals surface area contributed by atoms with Crippen molar-refractivity contribution in [3.8, 4) is 11.4 Å². The molecule has 2 aromatic rings. The molecule has 0 atom stereocenters. The maximum atomic E-state index is 12.2. The molecule has 136 valence electrons. The summed E-state index contributed by atoms with van der Waals surface area (Å²) in [4.78, 5) is 19.6. The van der Waals surface area contributed by atoms with Crippen LogP contribution in [0, 0.1) is 0 Å². The van der Waals surface area contributed by atoms with Gasteiger partial charge in [-0.1, -0.05) is 0 Å². The molecule has 0 spiro atoms. The van der Waals surface area contributed by atoms with Gasteiger partial charge in [0.2, 0.25) is 0 Å². The van der Waals surface area contributed by atoms with Crippen molar-refractivity contribution < 1.29 is 17.9 Å². The molecule has 0 saturated heterocycles. The summed E-state index contributed by atoms with van der Waals surface area (Å²) >= 11 is 0. The van der Waals surface area contributed by atoms with Crippen molar-refractivity contribution in [2.24, 2.45) is 9.98 Å². The Bertz CT molecular complexity index is 871. The van der Waals surface area contributed by atoms with E-state index in [2.05, 4.69) is 33.5 Å². The zero-order valence-electron chi connectivity index (χ0n) is 13.5. The first kappa shape index (κ1) is 19.0. The lowest BCUT2D eigenvalue weighted by Gasteiger charge is -2.11. The molecule has 1 aromatic heterocycles. The molecule has 6 nitrogen and oxygen atoms in total. The number of hydrogen-bond acceptors (Lipinski definition) is 5. The average molecular weight is 364 g/mol. The average Bonchev–Trinajstić information content (AvgIpc) is 2.58. The number of hydrogen-bond donors (Lipinski definition) is 1. The summed E-state index contributed by atoms with van der Waals surface area (Å²) in [6, 6.07) is 7.97. The lowest BCUT2D eigenvalue weighted by Crippen LogP contribution is -2.18. The van der Waals surface area contributed by atoms with Gasteiger partial charge < -0.3 is 10.1 Å². The summed E-state index contributed by atoms with van der Waals surface area (Å²) in [5.41, 5.74) is 1.13. The summed E-state index contributed by atoms with van der Waals surface area (Å²) in [5.74, 6) is -0.361. The van der Waals surface area contributed by atoms with Gasteiger partial charge in [0.05, 0.1) is 12.2 Å². The number of halogens is 3. The van der Waals surface area contributed by atoms with E-state index in [-0.39, 0.29) is 11.3 Å². The van der Waals surface area contributed by atoms with E-state index in [1.54, 1.807) is 6.07 Å². The summed E-state index contributed by atoms with van der Waals surface area (Å²) in [7, 11) is 0. The molecule has 1 heterocycles. The largest absolute Gasteiger partial charge is 0.573 e. The van der Waals surface area contributed by atoms with Crippen LogP contribution in [-0.4, -0.2) is 30.9 Å². The topological polar surface area (TPSA) is 68.0 Å². The van der Waals surface area contributed by atoms with Gasteiger partial charge in [0, 0.05) is 29.8 Å². The SMILES string of the molecule is C=N/C=C(/CNc1ccn(-c2ccc(OC(F)(F)F)cc2)c(=O)c1)N=C. The Balaban J connectivity index is 2.14. The van der Waals surface area contributed by atoms with Gasteiger partial charge in [0.1, 0.15) is 5.75 Å². The minimum Gasteiger partial charge on any atom is -0.406 e. The quantitative estimate of drug-likeness (QED) is 0.766. The Morgan fingerprint density at radius 3 is 2.46 bits per heavy atom. The van der Waals surface area contributed by atoms with Crippen molar-refractivity contribution in [2.45, 2.75) is 6.36 Å². The maximum Gasteiger partial charge on any atom is 0.573 e. The third-order valence-electron chi connectivity index (χ3n) is 3.19. The van der Waals surface area contributed by atoms with E-state index >= 15 is 0 Å². The molecule has 0 fully saturated rings. The van der Waals surface area contributed by atoms with E-state index in [1.807, 2.05) is 0 Å². The molecule has 0 saturated carbocycles. The predicted molar refractivity (Wildman–Crippen MR) is 94.4 cm³/mol. The van der Waals surface area contributed by atoms with Crippen LogP contribution in [0.3, 0.4) is 0 Å². The maximum absolute atomic E-state index is 12.2. The summed E-state index contributed by atoms with van der Waals surface area (Å²) in [5, 5.41) is 2.99. The monoisotopic (exact) mass is 364 g/mol. The first-order valence-electron chi connectivity index (χ1n) is 7.27. The number of ether oxygens (including phenoxy) is 1. The predicted octanol–water partition coefficient (Wildman–Crippen LogP) is 3.39. The summed E-state index contributed by atoms with van der Waals surface area (Å²) in [6.45, 7) is 7.02. The molecule has 0 radical (unpaired) electrons. The lowest BCUT2D eigenvalue weighted by atomic mass is 10.3. The molecule has 0 aliphatic carbocycles. The molecule has 0 amide bonds. The van der Waals surface area contributed by atoms with Crippen LogP contribution in [0.4, 0.5) is 18.9 Å². The lowest BCUT2D eigenvalue weighted by molar-refractivity contribution is -0.274. The molecular weight excluding hydrogens is 349 g/mol. The van der Waals surface area contributed by atoms with Gasteiger partial charge in [-0.3, -0.25) is 19.3 Å². The molecule has 0 aliphatic heterocycles. The first-order chi connectivity index (χ1) is 12.3. The number of nitrogens with zero attached hydrogens (tertiary/aromatic N) is 3. The van der Waals surface area contributed by atoms with E-state index in [1.165, 1.54) is 35.2 Å². The van der Waals surface area contributed by atoms with Crippen molar-refractivity contribution in [3.05, 3.63) is 64.8 Å². The highest BCUT2D eigenvalue weighted by Crippen LogP contribution is 2.23. The van der Waals surface area contributed by atoms with Crippen molar-refractivity contribution in [1.82, 2.24) is 4.57 Å². The molecule has 26 heavy (non-hydrogen) atoms. The van der Waals surface area contributed by atoms with Gasteiger partial charge in [-0.25, -0.2) is 0 Å². The minimum atomic E-state index is -4.76. The Morgan fingerprint density at radius 1 is 1.23 bits per heavy atom. The fourth-order valence-electron chi connectivity index (χ4n) is 2.05. The van der Waals surface area contributed by atoms with Crippen LogP contribution >= 0.6 is 0 Å². The highest BCUT2D eigenvalue weighted by atomic mass is 19.4. The molecule has 0 bridgehead atoms. The van der Waals surface area contributed by atoms with Crippen LogP contribution in [0.15, 0.2) is 69.3 Å². The number of nitrogens with one attached hydrogen (secondary N) is 1. The van der Waals surface area contributed by atoms with Crippen LogP contribution in [0.5, 0.6) is 5.75 Å². The van der Waals surface area contributed by atoms with Crippen LogP contribution in [0.1, 0.15) is 0 Å². The molecule has 1 N–H and O–H groups in total. The van der Waals surface area contributed by atoms with Gasteiger partial charge in [-0.15, -0.1) is 13.2 Å². The Kier molecular flexibility index (Phi) is 5.94. The van der Waals surface area contributed by atoms with E-state index in [4.69, 9.17) is 0 Å².